The second-order valence-electron chi connectivity index (χ2n) is 7.44. The number of benzene rings is 1. The number of nitrogens with two attached hydrogens (primary N) is 1. The van der Waals surface area contributed by atoms with E-state index < -0.39 is 44.3 Å². The summed E-state index contributed by atoms with van der Waals surface area (Å²) < 4.78 is 52.7. The van der Waals surface area contributed by atoms with E-state index in [0.29, 0.717) is 5.02 Å². The van der Waals surface area contributed by atoms with Crippen molar-refractivity contribution in [1.29, 1.82) is 0 Å². The molecular weight excluding hydrogens is 438 g/mol. The molecule has 0 spiro atoms. The third kappa shape index (κ3) is 3.77. The molecule has 11 heteroatoms. The number of halogens is 3. The topological polar surface area (TPSA) is 115 Å². The van der Waals surface area contributed by atoms with Gasteiger partial charge in [-0.15, -0.1) is 0 Å². The van der Waals surface area contributed by atoms with Crippen LogP contribution in [0.1, 0.15) is 29.9 Å². The molecule has 0 radical (unpaired) electrons. The highest BCUT2D eigenvalue weighted by molar-refractivity contribution is 7.93. The van der Waals surface area contributed by atoms with Crippen molar-refractivity contribution in [1.82, 2.24) is 4.98 Å². The van der Waals surface area contributed by atoms with Crippen molar-refractivity contribution < 1.29 is 22.0 Å². The van der Waals surface area contributed by atoms with Crippen LogP contribution in [-0.4, -0.2) is 42.3 Å². The zero-order valence-corrected chi connectivity index (χ0v) is 17.7. The summed E-state index contributed by atoms with van der Waals surface area (Å²) in [5.41, 5.74) is 3.61. The predicted molar refractivity (Wildman–Crippen MR) is 111 cm³/mol. The summed E-state index contributed by atoms with van der Waals surface area (Å²) in [6, 6.07) is 6.27. The molecule has 1 atom stereocenters. The molecule has 0 bridgehead atoms. The number of carbonyl (C=O) groups excluding carboxylic acids is 1. The molecule has 0 saturated carbocycles. The Morgan fingerprint density at radius 1 is 1.30 bits per heavy atom. The van der Waals surface area contributed by atoms with Gasteiger partial charge < -0.3 is 11.1 Å². The van der Waals surface area contributed by atoms with Gasteiger partial charge in [-0.2, -0.15) is 0 Å². The van der Waals surface area contributed by atoms with Crippen molar-refractivity contribution in [2.75, 3.05) is 17.7 Å². The van der Waals surface area contributed by atoms with Crippen LogP contribution < -0.4 is 11.1 Å². The Bertz CT molecular complexity index is 1140. The zero-order valence-electron chi connectivity index (χ0n) is 16.1. The lowest BCUT2D eigenvalue weighted by Gasteiger charge is -2.38. The minimum Gasteiger partial charge on any atom is -0.386 e. The van der Waals surface area contributed by atoms with E-state index in [0.717, 1.165) is 12.1 Å². The lowest BCUT2D eigenvalue weighted by atomic mass is 9.92. The first-order valence-electron chi connectivity index (χ1n) is 8.79. The number of carbonyl (C=O) groups is 1. The fourth-order valence-corrected chi connectivity index (χ4v) is 4.76. The molecular formula is C19H19ClF2N4O3S. The SMILES string of the molecule is CC1(C)C(N)=NC(CF)(c2cc(NC(=O)c3ccc(Cl)cn3)ccc2F)CS1(=O)=O. The number of rotatable bonds is 4. The minimum atomic E-state index is -3.95. The van der Waals surface area contributed by atoms with Gasteiger partial charge in [-0.05, 0) is 44.2 Å². The number of nitrogens with one attached hydrogen (secondary N) is 1. The normalized spacial score (nSPS) is 22.2. The first-order valence-corrected chi connectivity index (χ1v) is 10.8. The molecule has 3 N–H and O–H groups in total. The van der Waals surface area contributed by atoms with Gasteiger partial charge in [0.1, 0.15) is 34.3 Å². The van der Waals surface area contributed by atoms with Gasteiger partial charge in [0.2, 0.25) is 0 Å². The summed E-state index contributed by atoms with van der Waals surface area (Å²) in [6.07, 6.45) is 1.29. The van der Waals surface area contributed by atoms with Crippen LogP contribution in [0, 0.1) is 5.82 Å². The molecule has 30 heavy (non-hydrogen) atoms. The van der Waals surface area contributed by atoms with Crippen LogP contribution >= 0.6 is 11.6 Å². The molecule has 1 unspecified atom stereocenters. The standard InChI is InChI=1S/C19H19ClF2N4O3S/c1-18(2)17(23)26-19(9-21,10-30(18,28)29)13-7-12(4-5-14(13)22)25-16(27)15-6-3-11(20)8-24-15/h3-8H,9-10H2,1-2H3,(H2,23,26)(H,25,27). The molecule has 7 nitrogen and oxygen atoms in total. The number of sulfone groups is 1. The van der Waals surface area contributed by atoms with Crippen LogP contribution in [0.2, 0.25) is 5.02 Å². The lowest BCUT2D eigenvalue weighted by Crippen LogP contribution is -2.56. The summed E-state index contributed by atoms with van der Waals surface area (Å²) in [5, 5.41) is 2.86. The van der Waals surface area contributed by atoms with Crippen LogP contribution in [0.5, 0.6) is 0 Å². The second-order valence-corrected chi connectivity index (χ2v) is 10.4. The van der Waals surface area contributed by atoms with E-state index in [1.54, 1.807) is 0 Å². The van der Waals surface area contributed by atoms with E-state index in [1.165, 1.54) is 38.2 Å². The van der Waals surface area contributed by atoms with E-state index in [9.17, 15) is 22.0 Å². The highest BCUT2D eigenvalue weighted by Gasteiger charge is 2.51. The first kappa shape index (κ1) is 22.1. The van der Waals surface area contributed by atoms with Crippen LogP contribution in [0.15, 0.2) is 41.5 Å². The fraction of sp³-hybridized carbons (Fsp3) is 0.316. The number of hydrogen-bond acceptors (Lipinski definition) is 6. The minimum absolute atomic E-state index is 0.0507. The third-order valence-corrected chi connectivity index (χ3v) is 7.91. The molecule has 2 heterocycles. The highest BCUT2D eigenvalue weighted by Crippen LogP contribution is 2.39. The number of hydrogen-bond donors (Lipinski definition) is 2. The molecule has 0 saturated heterocycles. The van der Waals surface area contributed by atoms with Crippen LogP contribution in [0.25, 0.3) is 0 Å². The number of alkyl halides is 1. The van der Waals surface area contributed by atoms with Gasteiger partial charge in [-0.25, -0.2) is 22.2 Å². The first-order chi connectivity index (χ1) is 13.9. The zero-order chi connectivity index (χ0) is 22.3. The smallest absolute Gasteiger partial charge is 0.274 e. The van der Waals surface area contributed by atoms with Gasteiger partial charge in [0, 0.05) is 17.4 Å². The second kappa shape index (κ2) is 7.59. The van der Waals surface area contributed by atoms with Crippen molar-refractivity contribution in [3.63, 3.8) is 0 Å². The predicted octanol–water partition coefficient (Wildman–Crippen LogP) is 2.86. The maximum absolute atomic E-state index is 14.7. The number of anilines is 1. The maximum atomic E-state index is 14.7. The summed E-state index contributed by atoms with van der Waals surface area (Å²) >= 11 is 5.74. The summed E-state index contributed by atoms with van der Waals surface area (Å²) in [7, 11) is -3.95. The van der Waals surface area contributed by atoms with Crippen LogP contribution in [0.3, 0.4) is 0 Å². The Morgan fingerprint density at radius 2 is 2.00 bits per heavy atom. The molecule has 1 aromatic heterocycles. The number of nitrogens with zero attached hydrogens (tertiary/aromatic N) is 2. The number of aromatic nitrogens is 1. The van der Waals surface area contributed by atoms with Crippen LogP contribution in [-0.2, 0) is 15.4 Å². The molecule has 3 rings (SSSR count). The molecule has 2 aromatic rings. The van der Waals surface area contributed by atoms with Crippen molar-refractivity contribution >= 4 is 38.9 Å². The maximum Gasteiger partial charge on any atom is 0.274 e. The van der Waals surface area contributed by atoms with E-state index in [1.807, 2.05) is 0 Å². The molecule has 1 aromatic carbocycles. The Labute approximate surface area is 177 Å². The third-order valence-electron chi connectivity index (χ3n) is 5.06. The number of aliphatic imine (C=N–C) groups is 1. The quantitative estimate of drug-likeness (QED) is 0.734. The van der Waals surface area contributed by atoms with Gasteiger partial charge in [-0.3, -0.25) is 9.79 Å². The van der Waals surface area contributed by atoms with Crippen LogP contribution in [0.4, 0.5) is 14.5 Å². The molecule has 1 aliphatic rings. The number of pyridine rings is 1. The lowest BCUT2D eigenvalue weighted by molar-refractivity contribution is 0.102. The molecule has 1 amide bonds. The molecule has 0 fully saturated rings. The Balaban J connectivity index is 2.03. The average Bonchev–Trinajstić information content (AvgIpc) is 2.68. The van der Waals surface area contributed by atoms with Gasteiger partial charge in [-0.1, -0.05) is 11.6 Å². The summed E-state index contributed by atoms with van der Waals surface area (Å²) in [5.74, 6) is -2.57. The van der Waals surface area contributed by atoms with Crippen molar-refractivity contribution in [3.05, 3.63) is 58.6 Å². The Morgan fingerprint density at radius 3 is 2.57 bits per heavy atom. The van der Waals surface area contributed by atoms with Crippen molar-refractivity contribution in [2.45, 2.75) is 24.1 Å². The largest absolute Gasteiger partial charge is 0.386 e. The van der Waals surface area contributed by atoms with E-state index in [2.05, 4.69) is 15.3 Å². The monoisotopic (exact) mass is 456 g/mol. The molecule has 0 aliphatic carbocycles. The average molecular weight is 457 g/mol. The van der Waals surface area contributed by atoms with Gasteiger partial charge in [0.05, 0.1) is 10.8 Å². The van der Waals surface area contributed by atoms with Gasteiger partial charge in [0.25, 0.3) is 5.91 Å². The fourth-order valence-electron chi connectivity index (χ4n) is 2.99. The highest BCUT2D eigenvalue weighted by atomic mass is 35.5. The number of amidine groups is 1. The molecule has 1 aliphatic heterocycles. The van der Waals surface area contributed by atoms with Gasteiger partial charge >= 0.3 is 0 Å². The van der Waals surface area contributed by atoms with Crippen molar-refractivity contribution in [2.24, 2.45) is 10.7 Å². The Hall–Kier alpha value is -2.59. The summed E-state index contributed by atoms with van der Waals surface area (Å²) in [6.45, 7) is 1.42. The Kier molecular flexibility index (Phi) is 5.59. The number of amides is 1. The van der Waals surface area contributed by atoms with E-state index >= 15 is 0 Å². The van der Waals surface area contributed by atoms with Crippen molar-refractivity contribution in [3.8, 4) is 0 Å². The van der Waals surface area contributed by atoms with E-state index in [-0.39, 0.29) is 22.8 Å². The summed E-state index contributed by atoms with van der Waals surface area (Å²) in [4.78, 5) is 20.3. The van der Waals surface area contributed by atoms with E-state index in [4.69, 9.17) is 17.3 Å². The van der Waals surface area contributed by atoms with Gasteiger partial charge in [0.15, 0.2) is 9.84 Å². The molecule has 160 valence electrons.